The van der Waals surface area contributed by atoms with E-state index in [0.29, 0.717) is 17.7 Å². The predicted molar refractivity (Wildman–Crippen MR) is 133 cm³/mol. The molecule has 0 amide bonds. The van der Waals surface area contributed by atoms with Crippen molar-refractivity contribution >= 4 is 34.0 Å². The van der Waals surface area contributed by atoms with Gasteiger partial charge in [-0.2, -0.15) is 0 Å². The Labute approximate surface area is 200 Å². The molecule has 0 aliphatic heterocycles. The summed E-state index contributed by atoms with van der Waals surface area (Å²) in [5, 5.41) is 25.3. The van der Waals surface area contributed by atoms with E-state index in [-0.39, 0.29) is 18.9 Å². The van der Waals surface area contributed by atoms with Gasteiger partial charge in [0.05, 0.1) is 28.7 Å². The molecule has 0 fully saturated rings. The zero-order chi connectivity index (χ0) is 24.2. The maximum absolute atomic E-state index is 10.8. The van der Waals surface area contributed by atoms with Gasteiger partial charge in [0.25, 0.3) is 0 Å². The van der Waals surface area contributed by atoms with E-state index in [1.54, 1.807) is 12.4 Å². The van der Waals surface area contributed by atoms with E-state index >= 15 is 0 Å². The topological polar surface area (TPSA) is 121 Å². The number of benzene rings is 2. The SMILES string of the molecule is O=C(O)CCc1ccc2nc(-c3c(O)[nH]c4cc(C=NOCc5ccccn5)ccc34)ccc2c1. The first kappa shape index (κ1) is 22.1. The fraction of sp³-hybridized carbons (Fsp3) is 0.111. The van der Waals surface area contributed by atoms with Gasteiger partial charge in [-0.1, -0.05) is 35.5 Å². The number of hydrogen-bond donors (Lipinski definition) is 3. The highest BCUT2D eigenvalue weighted by Crippen LogP contribution is 2.36. The summed E-state index contributed by atoms with van der Waals surface area (Å²) < 4.78 is 0. The summed E-state index contributed by atoms with van der Waals surface area (Å²) in [5.74, 6) is -0.787. The summed E-state index contributed by atoms with van der Waals surface area (Å²) in [7, 11) is 0. The molecule has 3 heterocycles. The van der Waals surface area contributed by atoms with E-state index in [2.05, 4.69) is 15.1 Å². The van der Waals surface area contributed by atoms with Crippen LogP contribution in [0.3, 0.4) is 0 Å². The van der Waals surface area contributed by atoms with Gasteiger partial charge in [-0.05, 0) is 53.9 Å². The number of rotatable bonds is 8. The quantitative estimate of drug-likeness (QED) is 0.217. The molecule has 35 heavy (non-hydrogen) atoms. The lowest BCUT2D eigenvalue weighted by Gasteiger charge is -2.05. The minimum atomic E-state index is -0.820. The number of nitrogens with one attached hydrogen (secondary N) is 1. The minimum Gasteiger partial charge on any atom is -0.494 e. The lowest BCUT2D eigenvalue weighted by molar-refractivity contribution is -0.136. The number of fused-ring (bicyclic) bond motifs is 2. The van der Waals surface area contributed by atoms with Crippen molar-refractivity contribution in [1.82, 2.24) is 15.0 Å². The number of carboxylic acids is 1. The molecule has 5 aromatic rings. The first-order valence-corrected chi connectivity index (χ1v) is 11.1. The third kappa shape index (κ3) is 4.96. The van der Waals surface area contributed by atoms with Crippen molar-refractivity contribution in [3.05, 3.63) is 89.7 Å². The van der Waals surface area contributed by atoms with Gasteiger partial charge in [-0.15, -0.1) is 0 Å². The van der Waals surface area contributed by atoms with E-state index in [9.17, 15) is 9.90 Å². The summed E-state index contributed by atoms with van der Waals surface area (Å²) >= 11 is 0. The van der Waals surface area contributed by atoms with E-state index in [0.717, 1.165) is 38.6 Å². The van der Waals surface area contributed by atoms with Crippen molar-refractivity contribution in [1.29, 1.82) is 0 Å². The smallest absolute Gasteiger partial charge is 0.303 e. The Bertz CT molecular complexity index is 1540. The van der Waals surface area contributed by atoms with Crippen LogP contribution in [0, 0.1) is 0 Å². The van der Waals surface area contributed by atoms with Crippen molar-refractivity contribution in [2.45, 2.75) is 19.4 Å². The number of aromatic hydroxyl groups is 1. The van der Waals surface area contributed by atoms with Gasteiger partial charge in [-0.25, -0.2) is 4.98 Å². The number of H-pyrrole nitrogens is 1. The van der Waals surface area contributed by atoms with Crippen LogP contribution in [0.25, 0.3) is 33.1 Å². The highest BCUT2D eigenvalue weighted by Gasteiger charge is 2.15. The van der Waals surface area contributed by atoms with Crippen molar-refractivity contribution in [2.75, 3.05) is 0 Å². The van der Waals surface area contributed by atoms with Crippen LogP contribution in [-0.2, 0) is 22.7 Å². The van der Waals surface area contributed by atoms with E-state index < -0.39 is 5.97 Å². The number of aryl methyl sites for hydroxylation is 1. The van der Waals surface area contributed by atoms with Crippen LogP contribution in [-0.4, -0.2) is 37.3 Å². The molecule has 0 unspecified atom stereocenters. The van der Waals surface area contributed by atoms with Crippen LogP contribution in [0.4, 0.5) is 0 Å². The molecule has 0 atom stereocenters. The Hall–Kier alpha value is -4.72. The van der Waals surface area contributed by atoms with Crippen LogP contribution < -0.4 is 0 Å². The molecular weight excluding hydrogens is 444 g/mol. The van der Waals surface area contributed by atoms with Crippen LogP contribution in [0.5, 0.6) is 5.88 Å². The number of aromatic nitrogens is 3. The summed E-state index contributed by atoms with van der Waals surface area (Å²) in [6.07, 6.45) is 3.87. The van der Waals surface area contributed by atoms with Crippen molar-refractivity contribution in [3.8, 4) is 17.1 Å². The van der Waals surface area contributed by atoms with Crippen LogP contribution >= 0.6 is 0 Å². The first-order chi connectivity index (χ1) is 17.1. The highest BCUT2D eigenvalue weighted by atomic mass is 16.6. The standard InChI is InChI=1S/C27H22N4O4/c32-25(33)11-6-17-5-9-22-19(13-17)7-10-23(30-22)26-21-8-4-18(14-24(21)31-27(26)34)15-29-35-16-20-3-1-2-12-28-20/h1-5,7-10,12-15,31,34H,6,11,16H2,(H,32,33). The Morgan fingerprint density at radius 3 is 2.83 bits per heavy atom. The van der Waals surface area contributed by atoms with E-state index in [1.165, 1.54) is 0 Å². The maximum Gasteiger partial charge on any atom is 0.303 e. The number of carboxylic acid groups (broad SMARTS) is 1. The third-order valence-electron chi connectivity index (χ3n) is 5.66. The fourth-order valence-electron chi connectivity index (χ4n) is 3.95. The van der Waals surface area contributed by atoms with Gasteiger partial charge in [-0.3, -0.25) is 9.78 Å². The Balaban J connectivity index is 1.37. The van der Waals surface area contributed by atoms with Gasteiger partial charge in [0.2, 0.25) is 0 Å². The number of carbonyl (C=O) groups is 1. The number of aromatic amines is 1. The van der Waals surface area contributed by atoms with Gasteiger partial charge in [0.1, 0.15) is 0 Å². The molecular formula is C27H22N4O4. The van der Waals surface area contributed by atoms with Crippen LogP contribution in [0.15, 0.2) is 78.1 Å². The molecule has 2 aromatic carbocycles. The van der Waals surface area contributed by atoms with Crippen LogP contribution in [0.2, 0.25) is 0 Å². The third-order valence-corrected chi connectivity index (χ3v) is 5.66. The fourth-order valence-corrected chi connectivity index (χ4v) is 3.95. The Morgan fingerprint density at radius 2 is 2.00 bits per heavy atom. The lowest BCUT2D eigenvalue weighted by atomic mass is 10.0. The first-order valence-electron chi connectivity index (χ1n) is 11.1. The molecule has 0 radical (unpaired) electrons. The molecule has 8 nitrogen and oxygen atoms in total. The molecule has 0 saturated heterocycles. The molecule has 0 saturated carbocycles. The second kappa shape index (κ2) is 9.64. The summed E-state index contributed by atoms with van der Waals surface area (Å²) in [5.41, 5.74) is 5.32. The van der Waals surface area contributed by atoms with Crippen molar-refractivity contribution < 1.29 is 19.8 Å². The molecule has 0 bridgehead atoms. The molecule has 8 heteroatoms. The molecule has 3 N–H and O–H groups in total. The van der Waals surface area contributed by atoms with E-state index in [1.807, 2.05) is 66.7 Å². The van der Waals surface area contributed by atoms with Gasteiger partial charge in [0, 0.05) is 28.9 Å². The zero-order valence-corrected chi connectivity index (χ0v) is 18.7. The Kier molecular flexibility index (Phi) is 6.09. The Morgan fingerprint density at radius 1 is 1.09 bits per heavy atom. The van der Waals surface area contributed by atoms with Gasteiger partial charge in [0.15, 0.2) is 12.5 Å². The zero-order valence-electron chi connectivity index (χ0n) is 18.7. The van der Waals surface area contributed by atoms with Gasteiger partial charge >= 0.3 is 5.97 Å². The summed E-state index contributed by atoms with van der Waals surface area (Å²) in [6.45, 7) is 0.279. The molecule has 0 spiro atoms. The largest absolute Gasteiger partial charge is 0.494 e. The normalized spacial score (nSPS) is 11.4. The average molecular weight is 466 g/mol. The molecule has 0 aliphatic carbocycles. The lowest BCUT2D eigenvalue weighted by Crippen LogP contribution is -1.97. The summed E-state index contributed by atoms with van der Waals surface area (Å²) in [6, 6.07) is 20.8. The molecule has 0 aliphatic rings. The number of hydrogen-bond acceptors (Lipinski definition) is 6. The monoisotopic (exact) mass is 466 g/mol. The maximum atomic E-state index is 10.8. The number of pyridine rings is 2. The molecule has 174 valence electrons. The second-order valence-electron chi connectivity index (χ2n) is 8.10. The van der Waals surface area contributed by atoms with Crippen molar-refractivity contribution in [3.63, 3.8) is 0 Å². The van der Waals surface area contributed by atoms with Crippen LogP contribution in [0.1, 0.15) is 23.2 Å². The van der Waals surface area contributed by atoms with Crippen molar-refractivity contribution in [2.24, 2.45) is 5.16 Å². The second-order valence-corrected chi connectivity index (χ2v) is 8.10. The average Bonchev–Trinajstić information content (AvgIpc) is 3.20. The highest BCUT2D eigenvalue weighted by molar-refractivity contribution is 6.01. The number of oxime groups is 1. The number of nitrogens with zero attached hydrogens (tertiary/aromatic N) is 3. The van der Waals surface area contributed by atoms with Gasteiger partial charge < -0.3 is 20.0 Å². The minimum absolute atomic E-state index is 0.0328. The predicted octanol–water partition coefficient (Wildman–Crippen LogP) is 5.05. The summed E-state index contributed by atoms with van der Waals surface area (Å²) in [4.78, 5) is 28.1. The number of aliphatic carboxylic acids is 1. The molecule has 3 aromatic heterocycles. The molecule has 5 rings (SSSR count). The van der Waals surface area contributed by atoms with E-state index in [4.69, 9.17) is 14.9 Å².